The average molecular weight is 1110 g/mol. The fourth-order valence-electron chi connectivity index (χ4n) is 13.2. The summed E-state index contributed by atoms with van der Waals surface area (Å²) in [6, 6.07) is 31.3. The van der Waals surface area contributed by atoms with E-state index in [4.69, 9.17) is 33.0 Å². The molecular weight excluding hydrogens is 1050 g/mol. The van der Waals surface area contributed by atoms with E-state index in [0.29, 0.717) is 77.2 Å². The summed E-state index contributed by atoms with van der Waals surface area (Å²) in [5.41, 5.74) is 6.99. The summed E-state index contributed by atoms with van der Waals surface area (Å²) in [4.78, 5) is 99.8. The molecule has 4 fully saturated rings. The van der Waals surface area contributed by atoms with Crippen LogP contribution in [0.5, 0.6) is 17.2 Å². The highest BCUT2D eigenvalue weighted by atomic mass is 16.5. The molecule has 2 unspecified atom stereocenters. The van der Waals surface area contributed by atoms with Crippen LogP contribution < -0.4 is 41.1 Å². The quantitative estimate of drug-likeness (QED) is 0.0116. The highest BCUT2D eigenvalue weighted by Crippen LogP contribution is 2.75. The van der Waals surface area contributed by atoms with Gasteiger partial charge in [-0.2, -0.15) is 0 Å². The Kier molecular flexibility index (Phi) is 19.8. The Bertz CT molecular complexity index is 3150. The number of azide groups is 1. The first-order valence-corrected chi connectivity index (χ1v) is 27.6. The second-order valence-corrected chi connectivity index (χ2v) is 22.1. The lowest BCUT2D eigenvalue weighted by atomic mass is 9.34. The molecule has 0 aliphatic heterocycles. The van der Waals surface area contributed by atoms with Crippen molar-refractivity contribution in [3.05, 3.63) is 203 Å². The maximum atomic E-state index is 14.5. The van der Waals surface area contributed by atoms with Gasteiger partial charge in [0.1, 0.15) is 19.8 Å². The molecule has 3 heterocycles. The normalized spacial score (nSPS) is 20.0. The van der Waals surface area contributed by atoms with E-state index in [0.717, 1.165) is 23.0 Å². The van der Waals surface area contributed by atoms with Gasteiger partial charge in [0.05, 0.1) is 18.8 Å². The lowest BCUT2D eigenvalue weighted by Gasteiger charge is -2.71. The van der Waals surface area contributed by atoms with Crippen molar-refractivity contribution in [1.82, 2.24) is 10.6 Å². The third-order valence-electron chi connectivity index (χ3n) is 15.7. The number of carbonyl (C=O) groups excluding carboxylic acids is 4. The van der Waals surface area contributed by atoms with Crippen LogP contribution in [-0.2, 0) is 24.6 Å². The number of rotatable bonds is 28. The minimum atomic E-state index is -0.685. The average Bonchev–Trinajstić information content (AvgIpc) is 1.82. The number of hydrogen-bond donors (Lipinski definition) is 2. The van der Waals surface area contributed by atoms with E-state index >= 15 is 0 Å². The number of ether oxygens (including phenoxy) is 3. The van der Waals surface area contributed by atoms with Crippen LogP contribution in [0.3, 0.4) is 0 Å². The third kappa shape index (κ3) is 15.1. The van der Waals surface area contributed by atoms with Crippen LogP contribution in [0, 0.1) is 34.0 Å². The second kappa shape index (κ2) is 27.5. The van der Waals surface area contributed by atoms with E-state index < -0.39 is 55.4 Å². The summed E-state index contributed by atoms with van der Waals surface area (Å²) < 4.78 is 35.2. The Balaban J connectivity index is 0.00000287. The number of nitrogens with one attached hydrogen (secondary N) is 2. The summed E-state index contributed by atoms with van der Waals surface area (Å²) in [5.74, 6) is -0.735. The first-order chi connectivity index (χ1) is 39.7. The van der Waals surface area contributed by atoms with Gasteiger partial charge >= 0.3 is 0 Å². The van der Waals surface area contributed by atoms with Gasteiger partial charge in [0, 0.05) is 62.0 Å². The van der Waals surface area contributed by atoms with Crippen LogP contribution in [-0.4, -0.2) is 43.0 Å². The first kappa shape index (κ1) is 59.2. The van der Waals surface area contributed by atoms with Crippen molar-refractivity contribution in [2.24, 2.45) is 26.8 Å². The van der Waals surface area contributed by atoms with Gasteiger partial charge in [0.25, 0.3) is 5.91 Å². The smallest absolute Gasteiger partial charge is 0.291 e. The summed E-state index contributed by atoms with van der Waals surface area (Å²) in [5, 5.41) is 9.96. The zero-order valence-corrected chi connectivity index (χ0v) is 46.0. The molecule has 18 nitrogen and oxygen atoms in total. The monoisotopic (exact) mass is 1110 g/mol. The highest BCUT2D eigenvalue weighted by molar-refractivity contribution is 5.96. The van der Waals surface area contributed by atoms with Crippen molar-refractivity contribution in [2.45, 2.75) is 117 Å². The lowest BCUT2D eigenvalue weighted by Crippen LogP contribution is -2.65. The minimum Gasteiger partial charge on any atom is -0.481 e. The molecule has 2 amide bonds. The molecule has 4 aliphatic carbocycles. The number of ketones is 2. The molecule has 4 aliphatic rings. The molecule has 0 radical (unpaired) electrons. The molecule has 6 aromatic rings. The molecule has 10 rings (SSSR count). The first-order valence-electron chi connectivity index (χ1n) is 27.6. The van der Waals surface area contributed by atoms with Crippen LogP contribution in [0.2, 0.25) is 0 Å². The number of amides is 2. The fourth-order valence-corrected chi connectivity index (χ4v) is 13.2. The molecule has 4 bridgehead atoms. The topological polar surface area (TPSA) is 259 Å². The zero-order chi connectivity index (χ0) is 58.0. The molecule has 4 saturated carbocycles. The van der Waals surface area contributed by atoms with Gasteiger partial charge in [-0.25, -0.2) is 0 Å². The number of unbranched alkanes of at least 4 members (excludes halogenated alkanes) is 2. The van der Waals surface area contributed by atoms with Gasteiger partial charge in [-0.1, -0.05) is 103 Å². The number of nitrogens with zero attached hydrogens (tertiary/aromatic N) is 3. The SMILES string of the molecule is C#CC.[N-]=[N+]=NCCCCCC(=O)NCC12CC3(CNC(=O)c4occc(=O)c4OCc4ccccc4)C[C@](CCC(=O)c4occc(=O)c4OCc4ccccc4)(C1)C[C@](CCC(=O)c1occc(=O)c1OCc1ccccc1)(C2)C3. The van der Waals surface area contributed by atoms with E-state index in [9.17, 15) is 33.6 Å². The van der Waals surface area contributed by atoms with E-state index in [-0.39, 0.29) is 92.6 Å². The van der Waals surface area contributed by atoms with Crippen molar-refractivity contribution in [3.63, 3.8) is 0 Å². The van der Waals surface area contributed by atoms with Gasteiger partial charge < -0.3 is 38.1 Å². The summed E-state index contributed by atoms with van der Waals surface area (Å²) in [7, 11) is 0. The third-order valence-corrected chi connectivity index (χ3v) is 15.7. The highest BCUT2D eigenvalue weighted by Gasteiger charge is 2.67. The molecule has 3 aromatic heterocycles. The predicted molar refractivity (Wildman–Crippen MR) is 304 cm³/mol. The minimum absolute atomic E-state index is 0.00632. The molecular formula is C64H67N5O13. The molecule has 82 heavy (non-hydrogen) atoms. The van der Waals surface area contributed by atoms with E-state index in [1.54, 1.807) is 6.92 Å². The number of benzene rings is 3. The second-order valence-electron chi connectivity index (χ2n) is 22.1. The molecule has 3 aromatic carbocycles. The molecule has 18 heteroatoms. The number of Topliss-reactive ketones (excluding diaryl/α,β-unsaturated/α-hetero) is 2. The Morgan fingerprint density at radius 2 is 0.927 bits per heavy atom. The number of hydrogen-bond acceptors (Lipinski definition) is 14. The molecule has 0 spiro atoms. The standard InChI is InChI=1S/C61H63N5O13.C3H4/c62-66-65-27-12-4-11-19-50(72)63-40-60-35-58(25-20-45(67)51-53(47(69)22-28-74-51)77-31-42-13-5-1-6-14-42)34-59(36-60,26-21-46(68)52-54(48(70)23-29-75-52)78-32-43-15-7-2-8-16-43)38-61(37-58,39-60)41-64-57(73)56-55(49(71)24-30-76-56)79-33-44-17-9-3-10-18-44;1-3-2/h1-3,5-10,13-18,22-24,28-30H,4,11-12,19-21,25-27,31-41H2,(H,63,72)(H,64,73);1H,2H3/t58-,59+,60?,61?;. The maximum absolute atomic E-state index is 14.5. The summed E-state index contributed by atoms with van der Waals surface area (Å²) >= 11 is 0. The molecule has 0 saturated heterocycles. The number of terminal acetylenes is 1. The molecule has 2 N–H and O–H groups in total. The zero-order valence-electron chi connectivity index (χ0n) is 46.0. The van der Waals surface area contributed by atoms with Crippen LogP contribution >= 0.6 is 0 Å². The van der Waals surface area contributed by atoms with Gasteiger partial charge in [0.15, 0.2) is 0 Å². The van der Waals surface area contributed by atoms with Crippen molar-refractivity contribution >= 4 is 23.4 Å². The Labute approximate surface area is 474 Å². The van der Waals surface area contributed by atoms with Crippen LogP contribution in [0.25, 0.3) is 10.4 Å². The van der Waals surface area contributed by atoms with Crippen molar-refractivity contribution in [2.75, 3.05) is 19.6 Å². The van der Waals surface area contributed by atoms with E-state index in [2.05, 4.69) is 33.0 Å². The Morgan fingerprint density at radius 3 is 1.35 bits per heavy atom. The fraction of sp³-hybridized carbons (Fsp3) is 0.391. The van der Waals surface area contributed by atoms with E-state index in [1.807, 2.05) is 91.0 Å². The van der Waals surface area contributed by atoms with Crippen molar-refractivity contribution < 1.29 is 46.6 Å². The van der Waals surface area contributed by atoms with Gasteiger partial charge in [-0.15, -0.1) is 12.3 Å². The summed E-state index contributed by atoms with van der Waals surface area (Å²) in [6.45, 7) is 2.42. The molecule has 426 valence electrons. The van der Waals surface area contributed by atoms with Gasteiger partial charge in [-0.05, 0) is 115 Å². The Morgan fingerprint density at radius 1 is 0.549 bits per heavy atom. The van der Waals surface area contributed by atoms with Crippen LogP contribution in [0.1, 0.15) is 145 Å². The van der Waals surface area contributed by atoms with Crippen LogP contribution in [0.4, 0.5) is 0 Å². The van der Waals surface area contributed by atoms with Crippen LogP contribution in [0.15, 0.2) is 161 Å². The number of carbonyl (C=O) groups is 4. The predicted octanol–water partition coefficient (Wildman–Crippen LogP) is 11.3. The van der Waals surface area contributed by atoms with Gasteiger partial charge in [-0.3, -0.25) is 33.6 Å². The van der Waals surface area contributed by atoms with Crippen molar-refractivity contribution in [1.29, 1.82) is 0 Å². The van der Waals surface area contributed by atoms with Gasteiger partial charge in [0.2, 0.25) is 68.3 Å². The molecule has 4 atom stereocenters. The largest absolute Gasteiger partial charge is 0.481 e. The maximum Gasteiger partial charge on any atom is 0.291 e. The lowest BCUT2D eigenvalue weighted by molar-refractivity contribution is -0.202. The van der Waals surface area contributed by atoms with E-state index in [1.165, 1.54) is 30.7 Å². The summed E-state index contributed by atoms with van der Waals surface area (Å²) in [6.07, 6.45) is 14.2. The van der Waals surface area contributed by atoms with Crippen molar-refractivity contribution in [3.8, 4) is 29.6 Å². The Hall–Kier alpha value is -8.94.